The standard InChI is InChI=1S/C31H38N8O3/c1-5-22(39-13-7-8-31(39)41)11-12-32-24-16-28(42-4)26(15-25(24)37-30(40)6-2)36-29-17-23(33-19-34-29)20-9-10-27-21(14-20)18-35-38(27)3/h6,9-10,14-19,22,30,32,37,40H,2,5,7-8,11-13H2,1,3-4H3,(H,33,34,36). The number of likely N-dealkylation sites (tertiary alicyclic amines) is 1. The molecular formula is C31H38N8O3. The second-order valence-corrected chi connectivity index (χ2v) is 10.3. The van der Waals surface area contributed by atoms with E-state index in [1.165, 1.54) is 12.4 Å². The van der Waals surface area contributed by atoms with Crippen molar-refractivity contribution in [2.75, 3.05) is 36.1 Å². The molecule has 0 aliphatic carbocycles. The molecule has 2 aromatic heterocycles. The number of carbonyl (C=O) groups is 1. The number of nitrogens with zero attached hydrogens (tertiary/aromatic N) is 5. The van der Waals surface area contributed by atoms with Crippen LogP contribution in [0.1, 0.15) is 32.6 Å². The average Bonchev–Trinajstić information content (AvgIpc) is 3.60. The Kier molecular flexibility index (Phi) is 8.87. The highest BCUT2D eigenvalue weighted by molar-refractivity contribution is 5.85. The molecule has 0 radical (unpaired) electrons. The molecule has 1 saturated heterocycles. The van der Waals surface area contributed by atoms with Crippen LogP contribution < -0.4 is 20.7 Å². The van der Waals surface area contributed by atoms with Crippen LogP contribution in [-0.2, 0) is 11.8 Å². The Hall–Kier alpha value is -4.64. The lowest BCUT2D eigenvalue weighted by Gasteiger charge is -2.27. The molecule has 2 atom stereocenters. The highest BCUT2D eigenvalue weighted by Gasteiger charge is 2.26. The quantitative estimate of drug-likeness (QED) is 0.131. The van der Waals surface area contributed by atoms with E-state index in [0.29, 0.717) is 35.9 Å². The maximum atomic E-state index is 12.3. The molecule has 1 fully saturated rings. The van der Waals surface area contributed by atoms with Crippen LogP contribution in [0.25, 0.3) is 22.2 Å². The summed E-state index contributed by atoms with van der Waals surface area (Å²) in [5, 5.41) is 25.6. The number of carbonyl (C=O) groups excluding carboxylic acids is 1. The normalized spacial score (nSPS) is 14.6. The first-order valence-corrected chi connectivity index (χ1v) is 14.2. The zero-order valence-electron chi connectivity index (χ0n) is 24.3. The predicted molar refractivity (Wildman–Crippen MR) is 166 cm³/mol. The van der Waals surface area contributed by atoms with Crippen LogP contribution in [0.3, 0.4) is 0 Å². The fraction of sp³-hybridized carbons (Fsp3) is 0.355. The van der Waals surface area contributed by atoms with Gasteiger partial charge in [-0.2, -0.15) is 5.10 Å². The average molecular weight is 571 g/mol. The molecule has 42 heavy (non-hydrogen) atoms. The fourth-order valence-electron chi connectivity index (χ4n) is 5.38. The van der Waals surface area contributed by atoms with E-state index >= 15 is 0 Å². The summed E-state index contributed by atoms with van der Waals surface area (Å²) < 4.78 is 7.57. The van der Waals surface area contributed by atoms with Gasteiger partial charge in [0.25, 0.3) is 0 Å². The van der Waals surface area contributed by atoms with Crippen LogP contribution in [-0.4, -0.2) is 68.1 Å². The minimum absolute atomic E-state index is 0.191. The molecule has 0 spiro atoms. The summed E-state index contributed by atoms with van der Waals surface area (Å²) in [6.45, 7) is 7.27. The Morgan fingerprint density at radius 2 is 2.02 bits per heavy atom. The minimum Gasteiger partial charge on any atom is -0.494 e. The van der Waals surface area contributed by atoms with Gasteiger partial charge in [0, 0.05) is 55.7 Å². The first-order chi connectivity index (χ1) is 20.4. The third-order valence-electron chi connectivity index (χ3n) is 7.65. The van der Waals surface area contributed by atoms with Gasteiger partial charge in [0.2, 0.25) is 5.91 Å². The van der Waals surface area contributed by atoms with Crippen LogP contribution in [0, 0.1) is 0 Å². The van der Waals surface area contributed by atoms with Crippen LogP contribution >= 0.6 is 0 Å². The van der Waals surface area contributed by atoms with E-state index in [4.69, 9.17) is 4.74 Å². The lowest BCUT2D eigenvalue weighted by atomic mass is 10.1. The second kappa shape index (κ2) is 12.9. The van der Waals surface area contributed by atoms with Crippen molar-refractivity contribution in [3.8, 4) is 17.0 Å². The van der Waals surface area contributed by atoms with E-state index in [0.717, 1.165) is 53.7 Å². The van der Waals surface area contributed by atoms with Gasteiger partial charge < -0.3 is 30.7 Å². The number of aromatic nitrogens is 4. The topological polar surface area (TPSA) is 129 Å². The monoisotopic (exact) mass is 570 g/mol. The number of hydrogen-bond acceptors (Lipinski definition) is 9. The number of hydrogen-bond donors (Lipinski definition) is 4. The zero-order valence-corrected chi connectivity index (χ0v) is 24.3. The predicted octanol–water partition coefficient (Wildman–Crippen LogP) is 4.90. The maximum absolute atomic E-state index is 12.3. The van der Waals surface area contributed by atoms with E-state index < -0.39 is 6.23 Å². The molecule has 4 aromatic rings. The van der Waals surface area contributed by atoms with Crippen LogP contribution in [0.2, 0.25) is 0 Å². The van der Waals surface area contributed by atoms with E-state index in [1.807, 2.05) is 53.2 Å². The van der Waals surface area contributed by atoms with Crippen LogP contribution in [0.4, 0.5) is 22.9 Å². The maximum Gasteiger partial charge on any atom is 0.222 e. The molecule has 1 aliphatic heterocycles. The summed E-state index contributed by atoms with van der Waals surface area (Å²) in [6.07, 6.45) is 7.09. The van der Waals surface area contributed by atoms with E-state index in [9.17, 15) is 9.90 Å². The molecule has 2 unspecified atom stereocenters. The van der Waals surface area contributed by atoms with Crippen molar-refractivity contribution in [3.05, 3.63) is 61.6 Å². The number of nitrogens with one attached hydrogen (secondary N) is 3. The number of benzene rings is 2. The Balaban J connectivity index is 1.37. The molecule has 1 aliphatic rings. The van der Waals surface area contributed by atoms with Crippen molar-refractivity contribution in [2.24, 2.45) is 7.05 Å². The Labute approximate surface area is 245 Å². The van der Waals surface area contributed by atoms with E-state index in [-0.39, 0.29) is 11.9 Å². The minimum atomic E-state index is -0.953. The third-order valence-corrected chi connectivity index (χ3v) is 7.65. The summed E-state index contributed by atoms with van der Waals surface area (Å²) in [4.78, 5) is 23.2. The smallest absolute Gasteiger partial charge is 0.222 e. The first-order valence-electron chi connectivity index (χ1n) is 14.2. The van der Waals surface area contributed by atoms with Gasteiger partial charge in [-0.15, -0.1) is 0 Å². The highest BCUT2D eigenvalue weighted by atomic mass is 16.5. The molecule has 1 amide bonds. The molecule has 0 bridgehead atoms. The van der Waals surface area contributed by atoms with Gasteiger partial charge >= 0.3 is 0 Å². The molecule has 3 heterocycles. The van der Waals surface area contributed by atoms with Crippen molar-refractivity contribution in [1.29, 1.82) is 0 Å². The molecule has 11 nitrogen and oxygen atoms in total. The number of anilines is 4. The molecule has 2 aromatic carbocycles. The number of methoxy groups -OCH3 is 1. The highest BCUT2D eigenvalue weighted by Crippen LogP contribution is 2.37. The fourth-order valence-corrected chi connectivity index (χ4v) is 5.38. The number of rotatable bonds is 13. The number of ether oxygens (including phenoxy) is 1. The van der Waals surface area contributed by atoms with Gasteiger partial charge in [0.05, 0.1) is 41.6 Å². The summed E-state index contributed by atoms with van der Waals surface area (Å²) in [5.74, 6) is 1.41. The van der Waals surface area contributed by atoms with E-state index in [2.05, 4.69) is 50.6 Å². The summed E-state index contributed by atoms with van der Waals surface area (Å²) in [5.41, 5.74) is 4.83. The summed E-state index contributed by atoms with van der Waals surface area (Å²) >= 11 is 0. The zero-order chi connectivity index (χ0) is 29.6. The summed E-state index contributed by atoms with van der Waals surface area (Å²) in [7, 11) is 3.52. The van der Waals surface area contributed by atoms with E-state index in [1.54, 1.807) is 7.11 Å². The largest absolute Gasteiger partial charge is 0.494 e. The molecule has 4 N–H and O–H groups in total. The number of amides is 1. The lowest BCUT2D eigenvalue weighted by Crippen LogP contribution is -2.37. The van der Waals surface area contributed by atoms with Gasteiger partial charge in [-0.05, 0) is 43.5 Å². The Morgan fingerprint density at radius 3 is 2.76 bits per heavy atom. The van der Waals surface area contributed by atoms with Crippen molar-refractivity contribution >= 4 is 39.7 Å². The van der Waals surface area contributed by atoms with Gasteiger partial charge in [-0.25, -0.2) is 9.97 Å². The summed E-state index contributed by atoms with van der Waals surface area (Å²) in [6, 6.07) is 11.9. The van der Waals surface area contributed by atoms with Gasteiger partial charge in [-0.1, -0.05) is 19.6 Å². The number of aliphatic hydroxyl groups excluding tert-OH is 1. The third kappa shape index (κ3) is 6.31. The SMILES string of the molecule is C=CC(O)Nc1cc(Nc2cc(-c3ccc4c(cnn4C)c3)ncn2)c(OC)cc1NCCC(CC)N1CCCC1=O. The molecular weight excluding hydrogens is 532 g/mol. The first kappa shape index (κ1) is 28.9. The lowest BCUT2D eigenvalue weighted by molar-refractivity contribution is -0.129. The molecule has 11 heteroatoms. The molecule has 5 rings (SSSR count). The Morgan fingerprint density at radius 1 is 1.17 bits per heavy atom. The van der Waals surface area contributed by atoms with Crippen molar-refractivity contribution in [2.45, 2.75) is 44.9 Å². The molecule has 220 valence electrons. The van der Waals surface area contributed by atoms with Gasteiger partial charge in [0.15, 0.2) is 0 Å². The number of aliphatic hydroxyl groups is 1. The Bertz CT molecular complexity index is 1570. The van der Waals surface area contributed by atoms with Gasteiger partial charge in [-0.3, -0.25) is 9.48 Å². The second-order valence-electron chi connectivity index (χ2n) is 10.3. The van der Waals surface area contributed by atoms with Crippen molar-refractivity contribution in [1.82, 2.24) is 24.6 Å². The van der Waals surface area contributed by atoms with Gasteiger partial charge in [0.1, 0.15) is 24.1 Å². The number of fused-ring (bicyclic) bond motifs is 1. The van der Waals surface area contributed by atoms with Crippen LogP contribution in [0.15, 0.2) is 61.6 Å². The molecule has 0 saturated carbocycles. The van der Waals surface area contributed by atoms with Crippen molar-refractivity contribution < 1.29 is 14.6 Å². The number of aryl methyl sites for hydroxylation is 1. The van der Waals surface area contributed by atoms with Crippen LogP contribution in [0.5, 0.6) is 5.75 Å². The van der Waals surface area contributed by atoms with Crippen molar-refractivity contribution in [3.63, 3.8) is 0 Å².